The molecule has 1 saturated carbocycles. The van der Waals surface area contributed by atoms with Crippen molar-refractivity contribution in [3.8, 4) is 0 Å². The van der Waals surface area contributed by atoms with E-state index in [-0.39, 0.29) is 5.60 Å². The van der Waals surface area contributed by atoms with Crippen molar-refractivity contribution >= 4 is 0 Å². The maximum absolute atomic E-state index is 10.9. The van der Waals surface area contributed by atoms with Gasteiger partial charge < -0.3 is 9.84 Å². The van der Waals surface area contributed by atoms with Crippen LogP contribution < -0.4 is 0 Å². The fraction of sp³-hybridized carbons (Fsp3) is 1.00. The first kappa shape index (κ1) is 13.4. The minimum atomic E-state index is -0.369. The van der Waals surface area contributed by atoms with Crippen LogP contribution in [0.1, 0.15) is 64.7 Å². The van der Waals surface area contributed by atoms with Crippen molar-refractivity contribution in [3.05, 3.63) is 0 Å². The predicted molar refractivity (Wildman–Crippen MR) is 70.0 cm³/mol. The zero-order chi connectivity index (χ0) is 12.1. The lowest BCUT2D eigenvalue weighted by molar-refractivity contribution is -0.0749. The highest BCUT2D eigenvalue weighted by Gasteiger charge is 2.38. The Kier molecular flexibility index (Phi) is 4.87. The molecule has 1 heterocycles. The lowest BCUT2D eigenvalue weighted by atomic mass is 9.77. The van der Waals surface area contributed by atoms with Crippen molar-refractivity contribution in [3.63, 3.8) is 0 Å². The van der Waals surface area contributed by atoms with Crippen LogP contribution in [0.2, 0.25) is 0 Å². The van der Waals surface area contributed by atoms with Crippen LogP contribution in [0.25, 0.3) is 0 Å². The topological polar surface area (TPSA) is 29.5 Å². The summed E-state index contributed by atoms with van der Waals surface area (Å²) in [5.41, 5.74) is -0.369. The molecule has 0 aromatic rings. The summed E-state index contributed by atoms with van der Waals surface area (Å²) in [6.07, 6.45) is 10.6. The second-order valence-electron chi connectivity index (χ2n) is 6.08. The van der Waals surface area contributed by atoms with Crippen molar-refractivity contribution in [1.82, 2.24) is 0 Å². The summed E-state index contributed by atoms with van der Waals surface area (Å²) in [5, 5.41) is 10.9. The Morgan fingerprint density at radius 3 is 2.59 bits per heavy atom. The van der Waals surface area contributed by atoms with Gasteiger partial charge in [0, 0.05) is 13.2 Å². The molecule has 0 aromatic heterocycles. The fourth-order valence-corrected chi connectivity index (χ4v) is 3.76. The number of aliphatic hydroxyl groups is 1. The zero-order valence-electron chi connectivity index (χ0n) is 11.3. The molecule has 2 aliphatic rings. The van der Waals surface area contributed by atoms with E-state index in [1.54, 1.807) is 0 Å². The van der Waals surface area contributed by atoms with Crippen LogP contribution in [-0.2, 0) is 4.74 Å². The SMILES string of the molecule is CCCC1CCCC(O)(C2CCOCC2)CC1. The lowest BCUT2D eigenvalue weighted by Crippen LogP contribution is -2.40. The Labute approximate surface area is 106 Å². The van der Waals surface area contributed by atoms with E-state index in [1.807, 2.05) is 0 Å². The first-order chi connectivity index (χ1) is 8.24. The third kappa shape index (κ3) is 3.45. The second kappa shape index (κ2) is 6.19. The predicted octanol–water partition coefficient (Wildman–Crippen LogP) is 3.52. The molecule has 17 heavy (non-hydrogen) atoms. The van der Waals surface area contributed by atoms with Crippen LogP contribution in [-0.4, -0.2) is 23.9 Å². The van der Waals surface area contributed by atoms with E-state index >= 15 is 0 Å². The summed E-state index contributed by atoms with van der Waals surface area (Å²) in [6.45, 7) is 3.98. The smallest absolute Gasteiger partial charge is 0.0677 e. The first-order valence-electron chi connectivity index (χ1n) is 7.55. The summed E-state index contributed by atoms with van der Waals surface area (Å²) in [5.74, 6) is 1.37. The van der Waals surface area contributed by atoms with Gasteiger partial charge in [-0.15, -0.1) is 0 Å². The number of hydrogen-bond acceptors (Lipinski definition) is 2. The minimum absolute atomic E-state index is 0.369. The fourth-order valence-electron chi connectivity index (χ4n) is 3.76. The van der Waals surface area contributed by atoms with Crippen LogP contribution in [0.15, 0.2) is 0 Å². The Morgan fingerprint density at radius 1 is 1.12 bits per heavy atom. The quantitative estimate of drug-likeness (QED) is 0.765. The zero-order valence-corrected chi connectivity index (χ0v) is 11.3. The van der Waals surface area contributed by atoms with Gasteiger partial charge in [-0.25, -0.2) is 0 Å². The van der Waals surface area contributed by atoms with Crippen LogP contribution in [0, 0.1) is 11.8 Å². The Morgan fingerprint density at radius 2 is 1.88 bits per heavy atom. The van der Waals surface area contributed by atoms with Crippen molar-refractivity contribution in [2.24, 2.45) is 11.8 Å². The van der Waals surface area contributed by atoms with Crippen molar-refractivity contribution < 1.29 is 9.84 Å². The standard InChI is InChI=1S/C15H28O2/c1-2-4-13-5-3-9-15(16,10-6-13)14-7-11-17-12-8-14/h13-14,16H,2-12H2,1H3. The number of rotatable bonds is 3. The van der Waals surface area contributed by atoms with E-state index in [0.29, 0.717) is 5.92 Å². The van der Waals surface area contributed by atoms with Gasteiger partial charge in [0.05, 0.1) is 5.60 Å². The molecular weight excluding hydrogens is 212 g/mol. The van der Waals surface area contributed by atoms with Gasteiger partial charge in [-0.05, 0) is 43.9 Å². The molecule has 100 valence electrons. The van der Waals surface area contributed by atoms with Gasteiger partial charge >= 0.3 is 0 Å². The molecule has 2 rings (SSSR count). The molecule has 2 unspecified atom stereocenters. The van der Waals surface area contributed by atoms with Crippen LogP contribution >= 0.6 is 0 Å². The number of hydrogen-bond donors (Lipinski definition) is 1. The van der Waals surface area contributed by atoms with Gasteiger partial charge in [-0.3, -0.25) is 0 Å². The van der Waals surface area contributed by atoms with Gasteiger partial charge in [0.1, 0.15) is 0 Å². The van der Waals surface area contributed by atoms with E-state index in [0.717, 1.165) is 44.8 Å². The Balaban J connectivity index is 1.90. The van der Waals surface area contributed by atoms with E-state index in [9.17, 15) is 5.11 Å². The van der Waals surface area contributed by atoms with Crippen molar-refractivity contribution in [2.75, 3.05) is 13.2 Å². The molecule has 2 fully saturated rings. The lowest BCUT2D eigenvalue weighted by Gasteiger charge is -2.38. The van der Waals surface area contributed by atoms with Gasteiger partial charge in [0.25, 0.3) is 0 Å². The molecule has 0 amide bonds. The molecule has 1 saturated heterocycles. The largest absolute Gasteiger partial charge is 0.390 e. The summed E-state index contributed by atoms with van der Waals surface area (Å²) >= 11 is 0. The molecular formula is C15H28O2. The highest BCUT2D eigenvalue weighted by atomic mass is 16.5. The monoisotopic (exact) mass is 240 g/mol. The molecule has 1 N–H and O–H groups in total. The van der Waals surface area contributed by atoms with E-state index < -0.39 is 0 Å². The summed E-state index contributed by atoms with van der Waals surface area (Å²) < 4.78 is 5.42. The first-order valence-corrected chi connectivity index (χ1v) is 7.55. The maximum Gasteiger partial charge on any atom is 0.0677 e. The van der Waals surface area contributed by atoms with Crippen LogP contribution in [0.4, 0.5) is 0 Å². The summed E-state index contributed by atoms with van der Waals surface area (Å²) in [7, 11) is 0. The molecule has 2 heteroatoms. The molecule has 2 nitrogen and oxygen atoms in total. The van der Waals surface area contributed by atoms with Crippen LogP contribution in [0.5, 0.6) is 0 Å². The molecule has 1 aliphatic carbocycles. The molecule has 0 aromatic carbocycles. The highest BCUT2D eigenvalue weighted by Crippen LogP contribution is 2.40. The maximum atomic E-state index is 10.9. The van der Waals surface area contributed by atoms with Crippen molar-refractivity contribution in [2.45, 2.75) is 70.3 Å². The highest BCUT2D eigenvalue weighted by molar-refractivity contribution is 4.90. The van der Waals surface area contributed by atoms with Gasteiger partial charge in [-0.1, -0.05) is 32.6 Å². The average Bonchev–Trinajstić information content (AvgIpc) is 2.55. The molecule has 2 atom stereocenters. The van der Waals surface area contributed by atoms with Gasteiger partial charge in [0.2, 0.25) is 0 Å². The molecule has 1 aliphatic heterocycles. The number of ether oxygens (including phenoxy) is 1. The van der Waals surface area contributed by atoms with Gasteiger partial charge in [0.15, 0.2) is 0 Å². The van der Waals surface area contributed by atoms with E-state index in [1.165, 1.54) is 32.1 Å². The summed E-state index contributed by atoms with van der Waals surface area (Å²) in [4.78, 5) is 0. The van der Waals surface area contributed by atoms with E-state index in [2.05, 4.69) is 6.92 Å². The molecule has 0 radical (unpaired) electrons. The van der Waals surface area contributed by atoms with Crippen LogP contribution in [0.3, 0.4) is 0 Å². The second-order valence-corrected chi connectivity index (χ2v) is 6.08. The third-order valence-electron chi connectivity index (χ3n) is 4.89. The van der Waals surface area contributed by atoms with Gasteiger partial charge in [-0.2, -0.15) is 0 Å². The normalized spacial score (nSPS) is 36.7. The Hall–Kier alpha value is -0.0800. The minimum Gasteiger partial charge on any atom is -0.390 e. The molecule has 0 spiro atoms. The average molecular weight is 240 g/mol. The molecule has 0 bridgehead atoms. The van der Waals surface area contributed by atoms with E-state index in [4.69, 9.17) is 4.74 Å². The Bertz CT molecular complexity index is 223. The summed E-state index contributed by atoms with van der Waals surface area (Å²) in [6, 6.07) is 0. The third-order valence-corrected chi connectivity index (χ3v) is 4.89. The van der Waals surface area contributed by atoms with Crippen molar-refractivity contribution in [1.29, 1.82) is 0 Å².